The largest absolute Gasteiger partial charge is 0.371 e. The van der Waals surface area contributed by atoms with Crippen LogP contribution in [0.15, 0.2) is 5.38 Å². The Labute approximate surface area is 126 Å². The van der Waals surface area contributed by atoms with Crippen molar-refractivity contribution in [2.24, 2.45) is 16.7 Å². The number of hydrogen-bond acceptors (Lipinski definition) is 4. The molecule has 4 heteroatoms. The van der Waals surface area contributed by atoms with Crippen molar-refractivity contribution < 1.29 is 4.74 Å². The molecule has 2 saturated carbocycles. The van der Waals surface area contributed by atoms with Crippen molar-refractivity contribution >= 4 is 11.3 Å². The van der Waals surface area contributed by atoms with Gasteiger partial charge in [-0.05, 0) is 43.1 Å². The molecular weight excluding hydrogens is 268 g/mol. The zero-order chi connectivity index (χ0) is 14.4. The van der Waals surface area contributed by atoms with E-state index < -0.39 is 0 Å². The predicted octanol–water partition coefficient (Wildman–Crippen LogP) is 3.59. The lowest BCUT2D eigenvalue weighted by Gasteiger charge is -2.38. The molecule has 3 unspecified atom stereocenters. The van der Waals surface area contributed by atoms with Gasteiger partial charge in [0.15, 0.2) is 0 Å². The van der Waals surface area contributed by atoms with Crippen LogP contribution in [0.3, 0.4) is 0 Å². The predicted molar refractivity (Wildman–Crippen MR) is 82.7 cm³/mol. The Morgan fingerprint density at radius 3 is 2.85 bits per heavy atom. The molecule has 3 nitrogen and oxygen atoms in total. The monoisotopic (exact) mass is 294 g/mol. The van der Waals surface area contributed by atoms with Gasteiger partial charge in [-0.15, -0.1) is 11.3 Å². The zero-order valence-corrected chi connectivity index (χ0v) is 13.8. The van der Waals surface area contributed by atoms with E-state index in [0.29, 0.717) is 23.5 Å². The minimum atomic E-state index is 0.349. The molecule has 1 aromatic rings. The summed E-state index contributed by atoms with van der Waals surface area (Å²) in [7, 11) is 1.95. The molecule has 112 valence electrons. The first kappa shape index (κ1) is 14.5. The summed E-state index contributed by atoms with van der Waals surface area (Å²) < 4.78 is 6.28. The SMILES string of the molecule is CNCc1nc(COC2CC3CCC2(C)C3(C)C)cs1. The second-order valence-electron chi connectivity index (χ2n) is 7.17. The number of rotatable bonds is 5. The van der Waals surface area contributed by atoms with Gasteiger partial charge in [0, 0.05) is 11.9 Å². The molecule has 3 atom stereocenters. The number of nitrogens with zero attached hydrogens (tertiary/aromatic N) is 1. The molecule has 1 heterocycles. The van der Waals surface area contributed by atoms with Gasteiger partial charge >= 0.3 is 0 Å². The zero-order valence-electron chi connectivity index (χ0n) is 13.0. The van der Waals surface area contributed by atoms with E-state index in [4.69, 9.17) is 4.74 Å². The summed E-state index contributed by atoms with van der Waals surface area (Å²) in [5, 5.41) is 6.42. The lowest BCUT2D eigenvalue weighted by molar-refractivity contribution is -0.0559. The van der Waals surface area contributed by atoms with Gasteiger partial charge in [0.2, 0.25) is 0 Å². The fourth-order valence-corrected chi connectivity index (χ4v) is 5.01. The van der Waals surface area contributed by atoms with Gasteiger partial charge in [-0.2, -0.15) is 0 Å². The van der Waals surface area contributed by atoms with E-state index in [9.17, 15) is 0 Å². The minimum absolute atomic E-state index is 0.349. The van der Waals surface area contributed by atoms with Crippen LogP contribution in [0.1, 0.15) is 50.7 Å². The van der Waals surface area contributed by atoms with E-state index in [0.717, 1.165) is 23.2 Å². The van der Waals surface area contributed by atoms with Gasteiger partial charge < -0.3 is 10.1 Å². The first-order valence-corrected chi connectivity index (χ1v) is 8.55. The van der Waals surface area contributed by atoms with Crippen LogP contribution in [0.4, 0.5) is 0 Å². The van der Waals surface area contributed by atoms with E-state index in [-0.39, 0.29) is 0 Å². The molecule has 1 N–H and O–H groups in total. The van der Waals surface area contributed by atoms with Crippen LogP contribution in [-0.2, 0) is 17.9 Å². The van der Waals surface area contributed by atoms with Crippen LogP contribution < -0.4 is 5.32 Å². The Kier molecular flexibility index (Phi) is 3.68. The summed E-state index contributed by atoms with van der Waals surface area (Å²) >= 11 is 1.72. The Morgan fingerprint density at radius 2 is 2.25 bits per heavy atom. The Bertz CT molecular complexity index is 485. The second-order valence-corrected chi connectivity index (χ2v) is 8.12. The lowest BCUT2D eigenvalue weighted by Crippen LogP contribution is -2.37. The average molecular weight is 294 g/mol. The van der Waals surface area contributed by atoms with Crippen molar-refractivity contribution in [1.29, 1.82) is 0 Å². The van der Waals surface area contributed by atoms with Gasteiger partial charge in [0.25, 0.3) is 0 Å². The summed E-state index contributed by atoms with van der Waals surface area (Å²) in [5.41, 5.74) is 1.86. The topological polar surface area (TPSA) is 34.2 Å². The van der Waals surface area contributed by atoms with Crippen molar-refractivity contribution in [2.75, 3.05) is 7.05 Å². The number of aromatic nitrogens is 1. The molecular formula is C16H26N2OS. The standard InChI is InChI=1S/C16H26N2OS/c1-15(2)11-5-6-16(15,3)13(7-11)19-9-12-10-20-14(18-12)8-17-4/h10-11,13,17H,5-9H2,1-4H3. The highest BCUT2D eigenvalue weighted by Gasteiger charge is 2.61. The molecule has 0 aromatic carbocycles. The highest BCUT2D eigenvalue weighted by molar-refractivity contribution is 7.09. The van der Waals surface area contributed by atoms with Crippen LogP contribution in [0, 0.1) is 16.7 Å². The van der Waals surface area contributed by atoms with E-state index >= 15 is 0 Å². The van der Waals surface area contributed by atoms with Crippen molar-refractivity contribution in [3.8, 4) is 0 Å². The Hall–Kier alpha value is -0.450. The van der Waals surface area contributed by atoms with Gasteiger partial charge in [0.05, 0.1) is 18.4 Å². The Balaban J connectivity index is 1.62. The highest BCUT2D eigenvalue weighted by atomic mass is 32.1. The number of thiazole rings is 1. The van der Waals surface area contributed by atoms with E-state index in [2.05, 4.69) is 36.5 Å². The molecule has 0 amide bonds. The maximum atomic E-state index is 6.28. The minimum Gasteiger partial charge on any atom is -0.371 e. The maximum Gasteiger partial charge on any atom is 0.107 e. The normalized spacial score (nSPS) is 34.8. The van der Waals surface area contributed by atoms with E-state index in [1.54, 1.807) is 11.3 Å². The van der Waals surface area contributed by atoms with Crippen LogP contribution in [0.2, 0.25) is 0 Å². The first-order valence-electron chi connectivity index (χ1n) is 7.67. The lowest BCUT2D eigenvalue weighted by atomic mass is 9.70. The van der Waals surface area contributed by atoms with Crippen LogP contribution in [-0.4, -0.2) is 18.1 Å². The highest BCUT2D eigenvalue weighted by Crippen LogP contribution is 2.66. The molecule has 2 bridgehead atoms. The van der Waals surface area contributed by atoms with Crippen LogP contribution >= 0.6 is 11.3 Å². The van der Waals surface area contributed by atoms with Crippen molar-refractivity contribution in [3.63, 3.8) is 0 Å². The van der Waals surface area contributed by atoms with Crippen LogP contribution in [0.25, 0.3) is 0 Å². The van der Waals surface area contributed by atoms with E-state index in [1.807, 2.05) is 7.05 Å². The third-order valence-corrected chi connectivity index (χ3v) is 6.97. The number of fused-ring (bicyclic) bond motifs is 2. The summed E-state index contributed by atoms with van der Waals surface area (Å²) in [5.74, 6) is 0.841. The van der Waals surface area contributed by atoms with Crippen molar-refractivity contribution in [1.82, 2.24) is 10.3 Å². The van der Waals surface area contributed by atoms with Crippen LogP contribution in [0.5, 0.6) is 0 Å². The van der Waals surface area contributed by atoms with Gasteiger partial charge in [0.1, 0.15) is 5.01 Å². The fourth-order valence-electron chi connectivity index (χ4n) is 4.22. The quantitative estimate of drug-likeness (QED) is 0.901. The molecule has 2 fully saturated rings. The molecule has 20 heavy (non-hydrogen) atoms. The molecule has 1 aromatic heterocycles. The summed E-state index contributed by atoms with van der Waals surface area (Å²) in [6.07, 6.45) is 4.34. The third-order valence-electron chi connectivity index (χ3n) is 6.07. The average Bonchev–Trinajstić information content (AvgIpc) is 2.98. The second kappa shape index (κ2) is 5.08. The third kappa shape index (κ3) is 2.13. The summed E-state index contributed by atoms with van der Waals surface area (Å²) in [4.78, 5) is 4.61. The van der Waals surface area contributed by atoms with Gasteiger partial charge in [-0.3, -0.25) is 0 Å². The smallest absolute Gasteiger partial charge is 0.107 e. The van der Waals surface area contributed by atoms with Crippen molar-refractivity contribution in [2.45, 2.75) is 59.3 Å². The van der Waals surface area contributed by atoms with Crippen molar-refractivity contribution in [3.05, 3.63) is 16.1 Å². The number of nitrogens with one attached hydrogen (secondary N) is 1. The van der Waals surface area contributed by atoms with Gasteiger partial charge in [-0.1, -0.05) is 20.8 Å². The fraction of sp³-hybridized carbons (Fsp3) is 0.812. The maximum absolute atomic E-state index is 6.28. The summed E-state index contributed by atoms with van der Waals surface area (Å²) in [6.45, 7) is 8.81. The first-order chi connectivity index (χ1) is 9.47. The molecule has 0 aliphatic heterocycles. The molecule has 2 aliphatic rings. The molecule has 0 radical (unpaired) electrons. The molecule has 0 saturated heterocycles. The molecule has 2 aliphatic carbocycles. The number of hydrogen-bond donors (Lipinski definition) is 1. The van der Waals surface area contributed by atoms with Gasteiger partial charge in [-0.25, -0.2) is 4.98 Å². The molecule has 0 spiro atoms. The summed E-state index contributed by atoms with van der Waals surface area (Å²) in [6, 6.07) is 0. The Morgan fingerprint density at radius 1 is 1.45 bits per heavy atom. The van der Waals surface area contributed by atoms with E-state index in [1.165, 1.54) is 19.3 Å². The number of ether oxygens (including phenoxy) is 1. The molecule has 3 rings (SSSR count).